The maximum atomic E-state index is 14.5. The zero-order chi connectivity index (χ0) is 46.4. The highest BCUT2D eigenvalue weighted by molar-refractivity contribution is 6.23. The van der Waals surface area contributed by atoms with E-state index in [0.717, 1.165) is 32.1 Å². The fourth-order valence-electron chi connectivity index (χ4n) is 8.08. The SMILES string of the molecule is CCCN(CCC)/C(C)=N/N=C/c1c2c(O)c3c(O)c(C)c4c(c3c1O)C(=O)[C@@](C)(O/C=C/[C@H](OC)[C@@H](C)[C@@H](OC(C)=O)[C@H](C)[C@H](O)[C@H](C)[C@@H](O)[C@@H](C)/C=C/C=C(/C)C(=O)N2)O4. The standard InChI is InChI=1S/C46H64N4O12/c1-13-19-50(20-14-2)29(9)49-47-22-31-36-41(56)34-33(40(31)55)35-43(28(8)39(34)54)62-46(11,44(35)57)60-21-18-32(59-12)25(5)42(61-30(10)51)27(7)38(53)26(6)37(52)23(3)16-15-17-24(4)45(58)48-36/h15-18,21-23,25-27,32,37-38,42,52-56H,13-14,19-20H2,1-12H3,(H,48,58)/b16-15+,21-18+,24-17-,47-22+,49-29+/t23-,25+,26+,27+,32-,37-,38+,42+,46-/m0/s1. The summed E-state index contributed by atoms with van der Waals surface area (Å²) < 4.78 is 23.6. The molecule has 2 aromatic rings. The van der Waals surface area contributed by atoms with Crippen LogP contribution >= 0.6 is 0 Å². The van der Waals surface area contributed by atoms with Gasteiger partial charge in [-0.2, -0.15) is 5.10 Å². The zero-order valence-electron chi connectivity index (χ0n) is 37.8. The minimum Gasteiger partial charge on any atom is -0.507 e. The van der Waals surface area contributed by atoms with E-state index >= 15 is 0 Å². The van der Waals surface area contributed by atoms with Crippen LogP contribution in [0.5, 0.6) is 23.0 Å². The average Bonchev–Trinajstić information content (AvgIpc) is 3.49. The van der Waals surface area contributed by atoms with Gasteiger partial charge >= 0.3 is 11.8 Å². The summed E-state index contributed by atoms with van der Waals surface area (Å²) in [5, 5.41) is 69.2. The minimum absolute atomic E-state index is 0.0372. The van der Waals surface area contributed by atoms with Crippen molar-refractivity contribution in [3.8, 4) is 23.0 Å². The van der Waals surface area contributed by atoms with E-state index < -0.39 is 88.8 Å². The van der Waals surface area contributed by atoms with Crippen molar-refractivity contribution in [1.29, 1.82) is 0 Å². The summed E-state index contributed by atoms with van der Waals surface area (Å²) in [7, 11) is 1.43. The van der Waals surface area contributed by atoms with Gasteiger partial charge in [-0.05, 0) is 39.7 Å². The first kappa shape index (κ1) is 49.2. The first-order chi connectivity index (χ1) is 29.2. The number of aliphatic hydroxyl groups excluding tert-OH is 2. The lowest BCUT2D eigenvalue weighted by Crippen LogP contribution is -2.46. The van der Waals surface area contributed by atoms with Gasteiger partial charge in [0.1, 0.15) is 29.2 Å². The van der Waals surface area contributed by atoms with Gasteiger partial charge in [0.05, 0.1) is 53.0 Å². The number of benzene rings is 2. The van der Waals surface area contributed by atoms with Crippen molar-refractivity contribution >= 4 is 46.2 Å². The molecule has 0 unspecified atom stereocenters. The molecule has 0 radical (unpaired) electrons. The largest absolute Gasteiger partial charge is 0.507 e. The van der Waals surface area contributed by atoms with Crippen molar-refractivity contribution in [3.05, 3.63) is 52.8 Å². The van der Waals surface area contributed by atoms with E-state index in [9.17, 15) is 39.9 Å². The van der Waals surface area contributed by atoms with Crippen LogP contribution in [0, 0.1) is 30.6 Å². The molecule has 0 saturated heterocycles. The highest BCUT2D eigenvalue weighted by Crippen LogP contribution is 2.55. The molecule has 3 heterocycles. The number of carbonyl (C=O) groups excluding carboxylic acids is 3. The Hall–Kier alpha value is -5.45. The third-order valence-corrected chi connectivity index (χ3v) is 11.9. The van der Waals surface area contributed by atoms with Crippen LogP contribution in [-0.2, 0) is 23.8 Å². The normalized spacial score (nSPS) is 29.5. The van der Waals surface area contributed by atoms with Crippen molar-refractivity contribution in [2.24, 2.45) is 33.9 Å². The van der Waals surface area contributed by atoms with Gasteiger partial charge in [-0.25, -0.2) is 0 Å². The van der Waals surface area contributed by atoms with Crippen molar-refractivity contribution in [2.75, 3.05) is 25.5 Å². The Morgan fingerprint density at radius 3 is 2.18 bits per heavy atom. The van der Waals surface area contributed by atoms with E-state index in [2.05, 4.69) is 15.5 Å². The lowest BCUT2D eigenvalue weighted by Gasteiger charge is -2.38. The van der Waals surface area contributed by atoms with Crippen LogP contribution in [-0.4, -0.2) is 111 Å². The molecule has 340 valence electrons. The number of anilines is 1. The summed E-state index contributed by atoms with van der Waals surface area (Å²) in [6, 6.07) is 0. The lowest BCUT2D eigenvalue weighted by atomic mass is 9.78. The first-order valence-corrected chi connectivity index (χ1v) is 21.1. The highest BCUT2D eigenvalue weighted by Gasteiger charge is 2.50. The molecule has 62 heavy (non-hydrogen) atoms. The van der Waals surface area contributed by atoms with Crippen molar-refractivity contribution < 1.29 is 58.9 Å². The number of nitrogens with one attached hydrogen (secondary N) is 1. The monoisotopic (exact) mass is 864 g/mol. The number of amides is 1. The molecule has 6 N–H and O–H groups in total. The summed E-state index contributed by atoms with van der Waals surface area (Å²) in [5.74, 6) is -8.03. The Morgan fingerprint density at radius 1 is 0.935 bits per heavy atom. The maximum absolute atomic E-state index is 14.5. The van der Waals surface area contributed by atoms with Crippen LogP contribution in [0.1, 0.15) is 104 Å². The molecular weight excluding hydrogens is 801 g/mol. The quantitative estimate of drug-likeness (QED) is 0.0410. The second-order valence-corrected chi connectivity index (χ2v) is 16.5. The topological polar surface area (TPSA) is 229 Å². The van der Waals surface area contributed by atoms with Crippen LogP contribution in [0.25, 0.3) is 10.8 Å². The smallest absolute Gasteiger partial charge is 0.312 e. The molecule has 3 aliphatic heterocycles. The number of aliphatic hydroxyl groups is 2. The number of carbonyl (C=O) groups is 3. The number of rotatable bonds is 8. The lowest BCUT2D eigenvalue weighted by molar-refractivity contribution is -0.160. The molecule has 2 aromatic carbocycles. The Morgan fingerprint density at radius 2 is 1.58 bits per heavy atom. The van der Waals surface area contributed by atoms with Crippen LogP contribution < -0.4 is 10.1 Å². The van der Waals surface area contributed by atoms with E-state index in [4.69, 9.17) is 18.9 Å². The van der Waals surface area contributed by atoms with Gasteiger partial charge in [-0.1, -0.05) is 59.8 Å². The summed E-state index contributed by atoms with van der Waals surface area (Å²) in [5.41, 5.74) is -0.568. The molecule has 5 bridgehead atoms. The van der Waals surface area contributed by atoms with Gasteiger partial charge in [-0.3, -0.25) is 14.4 Å². The minimum atomic E-state index is -2.07. The fraction of sp³-hybridized carbons (Fsp3) is 0.543. The first-order valence-electron chi connectivity index (χ1n) is 21.1. The summed E-state index contributed by atoms with van der Waals surface area (Å²) in [6.07, 6.45) is 6.34. The van der Waals surface area contributed by atoms with Gasteiger partial charge in [0.25, 0.3) is 11.7 Å². The number of Topliss-reactive ketones (excluding diaryl/α,β-unsaturated/α-hetero) is 1. The van der Waals surface area contributed by atoms with E-state index in [1.807, 2.05) is 18.7 Å². The van der Waals surface area contributed by atoms with E-state index in [-0.39, 0.29) is 44.5 Å². The number of esters is 1. The molecule has 0 spiro atoms. The Balaban J connectivity index is 1.99. The maximum Gasteiger partial charge on any atom is 0.312 e. The van der Waals surface area contributed by atoms with Gasteiger partial charge in [0.2, 0.25) is 0 Å². The predicted molar refractivity (Wildman–Crippen MR) is 237 cm³/mol. The predicted octanol–water partition coefficient (Wildman–Crippen LogP) is 6.63. The van der Waals surface area contributed by atoms with Crippen LogP contribution in [0.2, 0.25) is 0 Å². The number of aromatic hydroxyl groups is 3. The number of hydrogen-bond acceptors (Lipinski definition) is 14. The third-order valence-electron chi connectivity index (χ3n) is 11.9. The average molecular weight is 865 g/mol. The molecular formula is C46H64N4O12. The summed E-state index contributed by atoms with van der Waals surface area (Å²) >= 11 is 0. The van der Waals surface area contributed by atoms with E-state index in [1.54, 1.807) is 46.8 Å². The van der Waals surface area contributed by atoms with Gasteiger partial charge in [0.15, 0.2) is 5.75 Å². The second-order valence-electron chi connectivity index (χ2n) is 16.5. The Bertz CT molecular complexity index is 2160. The van der Waals surface area contributed by atoms with Crippen molar-refractivity contribution in [3.63, 3.8) is 0 Å². The number of fused-ring (bicyclic) bond motifs is 14. The fourth-order valence-corrected chi connectivity index (χ4v) is 8.08. The molecule has 0 aromatic heterocycles. The van der Waals surface area contributed by atoms with Gasteiger partial charge in [-0.15, -0.1) is 5.10 Å². The van der Waals surface area contributed by atoms with Crippen LogP contribution in [0.3, 0.4) is 0 Å². The number of phenols is 3. The number of phenolic OH excluding ortho intramolecular Hbond substituents is 3. The molecule has 0 fully saturated rings. The van der Waals surface area contributed by atoms with Crippen molar-refractivity contribution in [2.45, 2.75) is 119 Å². The number of nitrogens with zero attached hydrogens (tertiary/aromatic N) is 3. The number of ether oxygens (including phenoxy) is 4. The van der Waals surface area contributed by atoms with E-state index in [1.165, 1.54) is 53.2 Å². The molecule has 5 rings (SSSR count). The molecule has 3 aliphatic rings. The van der Waals surface area contributed by atoms with Crippen LogP contribution in [0.15, 0.2) is 46.3 Å². The number of hydrogen-bond donors (Lipinski definition) is 6. The van der Waals surface area contributed by atoms with Gasteiger partial charge < -0.3 is 54.7 Å². The summed E-state index contributed by atoms with van der Waals surface area (Å²) in [6.45, 7) is 19.8. The Labute approximate surface area is 363 Å². The zero-order valence-corrected chi connectivity index (χ0v) is 37.8. The molecule has 16 nitrogen and oxygen atoms in total. The number of methoxy groups -OCH3 is 1. The molecule has 1 amide bonds. The number of ketones is 1. The number of amidine groups is 1. The summed E-state index contributed by atoms with van der Waals surface area (Å²) in [4.78, 5) is 42.7. The molecule has 16 heteroatoms. The third kappa shape index (κ3) is 10.1. The molecule has 9 atom stereocenters. The van der Waals surface area contributed by atoms with Crippen LogP contribution in [0.4, 0.5) is 5.69 Å². The second kappa shape index (κ2) is 20.6. The van der Waals surface area contributed by atoms with Crippen molar-refractivity contribution in [1.82, 2.24) is 4.90 Å². The number of allylic oxidation sites excluding steroid dienone is 2. The van der Waals surface area contributed by atoms with E-state index in [0.29, 0.717) is 5.84 Å². The highest BCUT2D eigenvalue weighted by atomic mass is 16.7. The molecule has 0 saturated carbocycles. The Kier molecular flexibility index (Phi) is 16.4. The van der Waals surface area contributed by atoms with Gasteiger partial charge in [0, 0.05) is 74.2 Å². The molecule has 0 aliphatic carbocycles.